The van der Waals surface area contributed by atoms with Crippen molar-refractivity contribution < 1.29 is 28.9 Å². The zero-order chi connectivity index (χ0) is 27.9. The summed E-state index contributed by atoms with van der Waals surface area (Å²) in [6.45, 7) is 12.4. The first kappa shape index (κ1) is 32.0. The van der Waals surface area contributed by atoms with E-state index in [2.05, 4.69) is 31.4 Å². The van der Waals surface area contributed by atoms with E-state index in [-0.39, 0.29) is 17.9 Å². The molecule has 0 spiro atoms. The standard InChI is InChI=1S/C23H39N3O3.C6H10O3/c1-6-18-8-9-19(12-22(18)29-11-7-10-28-5)23(27)26(17(2)3)16-21-15-25-14-20(21)13-24-4;7-6(8)5-2-1-3-9-4-5/h8-9,12,17,20-21,24-25H,6-7,10-11,13-16H2,1-5H3;5H,1-4H2,(H,7,8)/t20-,21-;5-/m01/s1. The Hall–Kier alpha value is -2.20. The minimum Gasteiger partial charge on any atom is -0.493 e. The predicted octanol–water partition coefficient (Wildman–Crippen LogP) is 3.07. The highest BCUT2D eigenvalue weighted by molar-refractivity contribution is 5.95. The van der Waals surface area contributed by atoms with Gasteiger partial charge in [0.25, 0.3) is 5.91 Å². The fraction of sp³-hybridized carbons (Fsp3) is 0.724. The number of carboxylic acid groups (broad SMARTS) is 1. The van der Waals surface area contributed by atoms with E-state index in [9.17, 15) is 9.59 Å². The van der Waals surface area contributed by atoms with E-state index in [0.29, 0.717) is 37.2 Å². The zero-order valence-electron chi connectivity index (χ0n) is 24.0. The van der Waals surface area contributed by atoms with Gasteiger partial charge in [0.2, 0.25) is 0 Å². The summed E-state index contributed by atoms with van der Waals surface area (Å²) in [5.74, 6) is 0.936. The van der Waals surface area contributed by atoms with Crippen LogP contribution in [-0.2, 0) is 20.7 Å². The maximum Gasteiger partial charge on any atom is 0.308 e. The van der Waals surface area contributed by atoms with Crippen molar-refractivity contribution >= 4 is 11.9 Å². The molecule has 3 atom stereocenters. The molecule has 2 aliphatic rings. The number of nitrogens with one attached hydrogen (secondary N) is 2. The summed E-state index contributed by atoms with van der Waals surface area (Å²) < 4.78 is 16.0. The molecular weight excluding hydrogens is 486 g/mol. The molecule has 2 fully saturated rings. The fourth-order valence-electron chi connectivity index (χ4n) is 4.88. The van der Waals surface area contributed by atoms with E-state index < -0.39 is 5.97 Å². The van der Waals surface area contributed by atoms with Crippen molar-refractivity contribution in [3.8, 4) is 5.75 Å². The first-order valence-corrected chi connectivity index (χ1v) is 14.0. The number of amides is 1. The van der Waals surface area contributed by atoms with Gasteiger partial charge in [-0.3, -0.25) is 9.59 Å². The van der Waals surface area contributed by atoms with Crippen molar-refractivity contribution in [2.75, 3.05) is 66.8 Å². The monoisotopic (exact) mass is 535 g/mol. The molecule has 3 rings (SSSR count). The van der Waals surface area contributed by atoms with Gasteiger partial charge in [0.1, 0.15) is 5.75 Å². The van der Waals surface area contributed by atoms with Crippen LogP contribution in [0.4, 0.5) is 0 Å². The van der Waals surface area contributed by atoms with Gasteiger partial charge in [-0.25, -0.2) is 0 Å². The molecule has 0 aliphatic carbocycles. The Labute approximate surface area is 228 Å². The van der Waals surface area contributed by atoms with Gasteiger partial charge in [0.05, 0.1) is 19.1 Å². The molecule has 0 radical (unpaired) electrons. The number of carboxylic acids is 1. The largest absolute Gasteiger partial charge is 0.493 e. The van der Waals surface area contributed by atoms with Crippen molar-refractivity contribution in [3.63, 3.8) is 0 Å². The van der Waals surface area contributed by atoms with Gasteiger partial charge in [-0.1, -0.05) is 13.0 Å². The third-order valence-electron chi connectivity index (χ3n) is 7.22. The van der Waals surface area contributed by atoms with E-state index in [1.54, 1.807) is 7.11 Å². The SMILES string of the molecule is CCc1ccc(C(=O)N(C[C@@H]2CNC[C@@H]2CNC)C(C)C)cc1OCCCOC.O=C(O)[C@@H]1CCCOC1. The summed E-state index contributed by atoms with van der Waals surface area (Å²) in [4.78, 5) is 25.7. The average Bonchev–Trinajstić information content (AvgIpc) is 3.36. The first-order valence-electron chi connectivity index (χ1n) is 14.0. The second kappa shape index (κ2) is 17.4. The van der Waals surface area contributed by atoms with Gasteiger partial charge in [0, 0.05) is 51.4 Å². The molecule has 9 nitrogen and oxygen atoms in total. The molecular formula is C29H49N3O6. The quantitative estimate of drug-likeness (QED) is 0.331. The molecule has 2 saturated heterocycles. The average molecular weight is 536 g/mol. The summed E-state index contributed by atoms with van der Waals surface area (Å²) in [7, 11) is 3.68. The van der Waals surface area contributed by atoms with E-state index >= 15 is 0 Å². The number of carbonyl (C=O) groups excluding carboxylic acids is 1. The fourth-order valence-corrected chi connectivity index (χ4v) is 4.88. The molecule has 1 amide bonds. The van der Waals surface area contributed by atoms with Crippen LogP contribution in [0, 0.1) is 17.8 Å². The Morgan fingerprint density at radius 1 is 1.24 bits per heavy atom. The lowest BCUT2D eigenvalue weighted by Crippen LogP contribution is -2.43. The number of hydrogen-bond donors (Lipinski definition) is 3. The number of hydrogen-bond acceptors (Lipinski definition) is 7. The molecule has 2 heterocycles. The van der Waals surface area contributed by atoms with Crippen molar-refractivity contribution in [1.82, 2.24) is 15.5 Å². The number of rotatable bonds is 13. The topological polar surface area (TPSA) is 109 Å². The lowest BCUT2D eigenvalue weighted by molar-refractivity contribution is -0.146. The molecule has 216 valence electrons. The van der Waals surface area contributed by atoms with E-state index in [0.717, 1.165) is 69.8 Å². The van der Waals surface area contributed by atoms with Crippen LogP contribution in [-0.4, -0.2) is 94.7 Å². The van der Waals surface area contributed by atoms with E-state index in [1.165, 1.54) is 0 Å². The second-order valence-corrected chi connectivity index (χ2v) is 10.4. The van der Waals surface area contributed by atoms with Crippen molar-refractivity contribution in [2.24, 2.45) is 17.8 Å². The highest BCUT2D eigenvalue weighted by Crippen LogP contribution is 2.25. The Bertz CT molecular complexity index is 844. The van der Waals surface area contributed by atoms with Crippen LogP contribution in [0.2, 0.25) is 0 Å². The maximum absolute atomic E-state index is 13.4. The van der Waals surface area contributed by atoms with Gasteiger partial charge < -0.3 is 34.9 Å². The highest BCUT2D eigenvalue weighted by atomic mass is 16.5. The molecule has 1 aromatic carbocycles. The van der Waals surface area contributed by atoms with Crippen molar-refractivity contribution in [2.45, 2.75) is 52.5 Å². The number of ether oxygens (including phenoxy) is 3. The summed E-state index contributed by atoms with van der Waals surface area (Å²) in [5.41, 5.74) is 1.83. The number of nitrogens with zero attached hydrogens (tertiary/aromatic N) is 1. The van der Waals surface area contributed by atoms with Gasteiger partial charge in [-0.15, -0.1) is 0 Å². The minimum atomic E-state index is -0.727. The van der Waals surface area contributed by atoms with Gasteiger partial charge in [-0.2, -0.15) is 0 Å². The number of aryl methyl sites for hydroxylation is 1. The van der Waals surface area contributed by atoms with E-state index in [4.69, 9.17) is 19.3 Å². The second-order valence-electron chi connectivity index (χ2n) is 10.4. The van der Waals surface area contributed by atoms with Gasteiger partial charge in [0.15, 0.2) is 0 Å². The maximum atomic E-state index is 13.4. The highest BCUT2D eigenvalue weighted by Gasteiger charge is 2.31. The summed E-state index contributed by atoms with van der Waals surface area (Å²) in [6, 6.07) is 6.03. The van der Waals surface area contributed by atoms with Crippen LogP contribution < -0.4 is 15.4 Å². The molecule has 0 aromatic heterocycles. The number of methoxy groups -OCH3 is 1. The zero-order valence-corrected chi connectivity index (χ0v) is 24.0. The minimum absolute atomic E-state index is 0.0829. The lowest BCUT2D eigenvalue weighted by Gasteiger charge is -2.31. The van der Waals surface area contributed by atoms with Crippen LogP contribution in [0.3, 0.4) is 0 Å². The Morgan fingerprint density at radius 2 is 2.00 bits per heavy atom. The van der Waals surface area contributed by atoms with Crippen LogP contribution in [0.5, 0.6) is 5.75 Å². The lowest BCUT2D eigenvalue weighted by atomic mass is 9.94. The molecule has 9 heteroatoms. The van der Waals surface area contributed by atoms with Crippen LogP contribution in [0.25, 0.3) is 0 Å². The Morgan fingerprint density at radius 3 is 2.58 bits per heavy atom. The third-order valence-corrected chi connectivity index (χ3v) is 7.22. The summed E-state index contributed by atoms with van der Waals surface area (Å²) >= 11 is 0. The van der Waals surface area contributed by atoms with Crippen molar-refractivity contribution in [3.05, 3.63) is 29.3 Å². The Kier molecular flexibility index (Phi) is 14.7. The summed E-state index contributed by atoms with van der Waals surface area (Å²) in [5, 5.41) is 15.2. The summed E-state index contributed by atoms with van der Waals surface area (Å²) in [6.07, 6.45) is 3.37. The third kappa shape index (κ3) is 10.2. The molecule has 38 heavy (non-hydrogen) atoms. The van der Waals surface area contributed by atoms with Crippen LogP contribution >= 0.6 is 0 Å². The van der Waals surface area contributed by atoms with Crippen LogP contribution in [0.15, 0.2) is 18.2 Å². The van der Waals surface area contributed by atoms with E-state index in [1.807, 2.05) is 30.1 Å². The van der Waals surface area contributed by atoms with Gasteiger partial charge >= 0.3 is 5.97 Å². The molecule has 1 aromatic rings. The van der Waals surface area contributed by atoms with Crippen molar-refractivity contribution in [1.29, 1.82) is 0 Å². The Balaban J connectivity index is 0.000000474. The predicted molar refractivity (Wildman–Crippen MR) is 149 cm³/mol. The molecule has 3 N–H and O–H groups in total. The molecule has 0 saturated carbocycles. The molecule has 0 unspecified atom stereocenters. The van der Waals surface area contributed by atoms with Crippen LogP contribution in [0.1, 0.15) is 56.0 Å². The molecule has 2 aliphatic heterocycles. The first-order chi connectivity index (χ1) is 18.3. The number of carbonyl (C=O) groups is 2. The number of benzene rings is 1. The molecule has 0 bridgehead atoms. The smallest absolute Gasteiger partial charge is 0.308 e. The normalized spacial score (nSPS) is 21.1. The van der Waals surface area contributed by atoms with Gasteiger partial charge in [-0.05, 0) is 82.8 Å². The number of aliphatic carboxylic acids is 1.